The topological polar surface area (TPSA) is 111 Å². The van der Waals surface area contributed by atoms with Crippen LogP contribution in [0.5, 0.6) is 17.2 Å². The highest BCUT2D eigenvalue weighted by Crippen LogP contribution is 2.60. The molecule has 1 N–H and O–H groups in total. The fraction of sp³-hybridized carbons (Fsp3) is 0.529. The number of allylic oxidation sites excluding steroid dienone is 1. The Hall–Kier alpha value is -3.44. The number of hydrogen-bond acceptors (Lipinski definition) is 9. The average molecular weight is 608 g/mol. The predicted molar refractivity (Wildman–Crippen MR) is 160 cm³/mol. The van der Waals surface area contributed by atoms with Crippen LogP contribution in [0.1, 0.15) is 62.4 Å². The molecule has 4 aliphatic heterocycles. The third kappa shape index (κ3) is 5.60. The summed E-state index contributed by atoms with van der Waals surface area (Å²) < 4.78 is 29.2. The summed E-state index contributed by atoms with van der Waals surface area (Å²) >= 11 is 0. The van der Waals surface area contributed by atoms with Crippen LogP contribution in [0.4, 0.5) is 0 Å². The van der Waals surface area contributed by atoms with E-state index in [2.05, 4.69) is 19.2 Å². The first-order chi connectivity index (χ1) is 21.2. The number of ether oxygens (including phenoxy) is 5. The minimum Gasteiger partial charge on any atom is -0.497 e. The van der Waals surface area contributed by atoms with Crippen molar-refractivity contribution in [3.8, 4) is 17.2 Å². The second-order valence-electron chi connectivity index (χ2n) is 12.5. The van der Waals surface area contributed by atoms with Crippen LogP contribution in [0.3, 0.4) is 0 Å². The number of hydrogen-bond donors (Lipinski definition) is 1. The molecule has 8 atom stereocenters. The first-order valence-electron chi connectivity index (χ1n) is 15.3. The van der Waals surface area contributed by atoms with E-state index in [4.69, 9.17) is 33.5 Å². The molecule has 7 rings (SSSR count). The van der Waals surface area contributed by atoms with Crippen LogP contribution in [-0.2, 0) is 24.0 Å². The zero-order valence-electron chi connectivity index (χ0n) is 25.9. The molecule has 0 radical (unpaired) electrons. The van der Waals surface area contributed by atoms with Gasteiger partial charge in [-0.3, -0.25) is 9.59 Å². The molecule has 236 valence electrons. The third-order valence-corrected chi connectivity index (χ3v) is 9.82. The van der Waals surface area contributed by atoms with E-state index in [1.54, 1.807) is 62.8 Å². The highest BCUT2D eigenvalue weighted by Gasteiger charge is 2.69. The number of benzene rings is 2. The summed E-state index contributed by atoms with van der Waals surface area (Å²) in [5.41, 5.74) is 0.527. The first kappa shape index (κ1) is 30.6. The van der Waals surface area contributed by atoms with Gasteiger partial charge in [0.05, 0.1) is 14.2 Å². The summed E-state index contributed by atoms with van der Waals surface area (Å²) in [6.07, 6.45) is 5.69. The van der Waals surface area contributed by atoms with E-state index in [-0.39, 0.29) is 36.1 Å². The maximum atomic E-state index is 13.0. The summed E-state index contributed by atoms with van der Waals surface area (Å²) in [4.78, 5) is 37.8. The van der Waals surface area contributed by atoms with E-state index in [1.807, 2.05) is 6.92 Å². The van der Waals surface area contributed by atoms with E-state index >= 15 is 0 Å². The molecule has 1 spiro atoms. The van der Waals surface area contributed by atoms with Gasteiger partial charge in [0.25, 0.3) is 5.91 Å². The molecule has 5 aliphatic rings. The lowest BCUT2D eigenvalue weighted by Crippen LogP contribution is -2.72. The molecule has 2 aromatic carbocycles. The van der Waals surface area contributed by atoms with Gasteiger partial charge < -0.3 is 29.0 Å². The molecule has 44 heavy (non-hydrogen) atoms. The number of nitrogens with one attached hydrogen (secondary N) is 1. The number of methoxy groups -OCH3 is 2. The summed E-state index contributed by atoms with van der Waals surface area (Å²) in [6, 6.07) is 12.0. The fourth-order valence-corrected chi connectivity index (χ4v) is 7.37. The van der Waals surface area contributed by atoms with Gasteiger partial charge in [-0.15, -0.1) is 0 Å². The molecule has 2 aromatic rings. The standard InChI is InChI=1S/C34H41NO9/c1-20-6-13-27-21(2)31(41-32-34(27)26(20)16-17-33(3,42-32)43-44-34)35-30(37)19-40-24-10-7-22(8-11-24)28(36)14-9-23-18-25(38-4)12-15-29(23)39-5/h7-12,14-15,18,20-21,26-27,31-32H,6,13,16-17,19H2,1-5H3,(H,35,37)/b14-9+/t20-,21-,26+,27+,31+,32-,33+,34-/m1/s1. The minimum atomic E-state index is -0.874. The monoisotopic (exact) mass is 607 g/mol. The summed E-state index contributed by atoms with van der Waals surface area (Å²) in [6.45, 7) is 6.04. The fourth-order valence-electron chi connectivity index (χ4n) is 7.37. The van der Waals surface area contributed by atoms with Crippen LogP contribution in [0.2, 0.25) is 0 Å². The van der Waals surface area contributed by atoms with Crippen molar-refractivity contribution in [1.29, 1.82) is 0 Å². The van der Waals surface area contributed by atoms with Crippen molar-refractivity contribution in [3.05, 3.63) is 59.7 Å². The Morgan fingerprint density at radius 1 is 0.977 bits per heavy atom. The Labute approximate surface area is 257 Å². The highest BCUT2D eigenvalue weighted by atomic mass is 17.3. The molecule has 0 aromatic heterocycles. The van der Waals surface area contributed by atoms with E-state index in [0.29, 0.717) is 28.7 Å². The van der Waals surface area contributed by atoms with E-state index < -0.39 is 23.9 Å². The van der Waals surface area contributed by atoms with Crippen molar-refractivity contribution >= 4 is 17.8 Å². The van der Waals surface area contributed by atoms with Crippen LogP contribution in [-0.4, -0.2) is 56.4 Å². The summed E-state index contributed by atoms with van der Waals surface area (Å²) in [7, 11) is 3.15. The van der Waals surface area contributed by atoms with Crippen molar-refractivity contribution in [3.63, 3.8) is 0 Å². The molecule has 4 heterocycles. The minimum absolute atomic E-state index is 0.0184. The Morgan fingerprint density at radius 2 is 1.75 bits per heavy atom. The van der Waals surface area contributed by atoms with Gasteiger partial charge in [-0.25, -0.2) is 9.78 Å². The van der Waals surface area contributed by atoms with E-state index in [9.17, 15) is 9.59 Å². The molecule has 0 unspecified atom stereocenters. The average Bonchev–Trinajstić information content (AvgIpc) is 3.27. The molecule has 10 heteroatoms. The van der Waals surface area contributed by atoms with Gasteiger partial charge in [0.1, 0.15) is 23.5 Å². The zero-order valence-corrected chi connectivity index (χ0v) is 25.9. The largest absolute Gasteiger partial charge is 0.497 e. The quantitative estimate of drug-likeness (QED) is 0.231. The van der Waals surface area contributed by atoms with Crippen LogP contribution >= 0.6 is 0 Å². The molecule has 5 fully saturated rings. The van der Waals surface area contributed by atoms with Crippen LogP contribution < -0.4 is 19.5 Å². The number of ketones is 1. The molecule has 1 amide bonds. The van der Waals surface area contributed by atoms with Crippen molar-refractivity contribution in [2.45, 2.75) is 70.4 Å². The molecular weight excluding hydrogens is 566 g/mol. The van der Waals surface area contributed by atoms with E-state index in [0.717, 1.165) is 31.2 Å². The second-order valence-corrected chi connectivity index (χ2v) is 12.5. The van der Waals surface area contributed by atoms with Crippen LogP contribution in [0.25, 0.3) is 6.08 Å². The Morgan fingerprint density at radius 3 is 2.50 bits per heavy atom. The maximum Gasteiger partial charge on any atom is 0.259 e. The zero-order chi connectivity index (χ0) is 31.1. The van der Waals surface area contributed by atoms with Gasteiger partial charge in [0, 0.05) is 29.4 Å². The molecule has 4 saturated heterocycles. The van der Waals surface area contributed by atoms with Crippen molar-refractivity contribution in [1.82, 2.24) is 5.32 Å². The predicted octanol–water partition coefficient (Wildman–Crippen LogP) is 5.30. The SMILES string of the molecule is COc1ccc(OC)c(/C=C/C(=O)c2ccc(OCC(=O)N[C@H]3O[C@@H]4O[C@]5(C)CC[C@H]6[C@H](C)CC[C@@H]([C@H]3C)[C@@]46OO5)cc2)c1. The second kappa shape index (κ2) is 12.2. The van der Waals surface area contributed by atoms with Gasteiger partial charge >= 0.3 is 0 Å². The Bertz CT molecular complexity index is 1410. The van der Waals surface area contributed by atoms with Gasteiger partial charge in [-0.1, -0.05) is 13.8 Å². The Balaban J connectivity index is 1.06. The van der Waals surface area contributed by atoms with Gasteiger partial charge in [-0.05, 0) is 92.6 Å². The maximum absolute atomic E-state index is 13.0. The van der Waals surface area contributed by atoms with Crippen molar-refractivity contribution in [2.24, 2.45) is 23.7 Å². The number of carbonyl (C=O) groups excluding carboxylic acids is 2. The van der Waals surface area contributed by atoms with Gasteiger partial charge in [0.2, 0.25) is 5.79 Å². The number of amides is 1. The Kier molecular flexibility index (Phi) is 8.45. The molecule has 2 bridgehead atoms. The lowest BCUT2D eigenvalue weighted by Gasteiger charge is -2.60. The third-order valence-electron chi connectivity index (χ3n) is 9.82. The molecular formula is C34H41NO9. The highest BCUT2D eigenvalue weighted by molar-refractivity contribution is 6.07. The first-order valence-corrected chi connectivity index (χ1v) is 15.3. The molecule has 1 aliphatic carbocycles. The summed E-state index contributed by atoms with van der Waals surface area (Å²) in [5.74, 6) is 1.22. The summed E-state index contributed by atoms with van der Waals surface area (Å²) in [5, 5.41) is 3.01. The van der Waals surface area contributed by atoms with Gasteiger partial charge in [0.15, 0.2) is 24.3 Å². The molecule has 1 saturated carbocycles. The number of rotatable bonds is 9. The van der Waals surface area contributed by atoms with Crippen LogP contribution in [0, 0.1) is 23.7 Å². The van der Waals surface area contributed by atoms with Crippen molar-refractivity contribution in [2.75, 3.05) is 20.8 Å². The molecule has 10 nitrogen and oxygen atoms in total. The van der Waals surface area contributed by atoms with Gasteiger partial charge in [-0.2, -0.15) is 0 Å². The van der Waals surface area contributed by atoms with Crippen molar-refractivity contribution < 1.29 is 43.0 Å². The number of fused-ring (bicyclic) bond motifs is 2. The normalized spacial score (nSPS) is 34.1. The number of carbonyl (C=O) groups is 2. The van der Waals surface area contributed by atoms with Crippen LogP contribution in [0.15, 0.2) is 48.5 Å². The lowest BCUT2D eigenvalue weighted by molar-refractivity contribution is -0.571. The smallest absolute Gasteiger partial charge is 0.259 e. The van der Waals surface area contributed by atoms with E-state index in [1.165, 1.54) is 6.08 Å². The lowest BCUT2D eigenvalue weighted by atomic mass is 9.58.